The summed E-state index contributed by atoms with van der Waals surface area (Å²) in [6, 6.07) is 20.7. The first kappa shape index (κ1) is 28.2. The van der Waals surface area contributed by atoms with Crippen LogP contribution in [-0.2, 0) is 12.6 Å². The van der Waals surface area contributed by atoms with Crippen LogP contribution in [0.15, 0.2) is 78.9 Å². The highest BCUT2D eigenvalue weighted by Crippen LogP contribution is 2.30. The summed E-state index contributed by atoms with van der Waals surface area (Å²) in [5, 5.41) is 0. The maximum absolute atomic E-state index is 13.8. The number of carbonyl (C=O) groups excluding carboxylic acids is 2. The second kappa shape index (κ2) is 12.8. The molecule has 1 atom stereocenters. The molecule has 8 heteroatoms. The molecule has 1 heterocycles. The van der Waals surface area contributed by atoms with E-state index >= 15 is 0 Å². The van der Waals surface area contributed by atoms with Crippen molar-refractivity contribution in [2.75, 3.05) is 26.2 Å². The minimum Gasteiger partial charge on any atom is -0.491 e. The summed E-state index contributed by atoms with van der Waals surface area (Å²) in [5.41, 5.74) is 0.868. The normalized spacial score (nSPS) is 17.3. The predicted octanol–water partition coefficient (Wildman–Crippen LogP) is 6.48. The molecule has 39 heavy (non-hydrogen) atoms. The van der Waals surface area contributed by atoms with Crippen molar-refractivity contribution in [1.29, 1.82) is 0 Å². The highest BCUT2D eigenvalue weighted by molar-refractivity contribution is 5.97. The molecule has 0 N–H and O–H groups in total. The average Bonchev–Trinajstić information content (AvgIpc) is 2.95. The Bertz CT molecular complexity index is 1250. The number of para-hydroxylation sites is 1. The highest BCUT2D eigenvalue weighted by atomic mass is 19.4. The Labute approximate surface area is 227 Å². The van der Waals surface area contributed by atoms with Crippen LogP contribution < -0.4 is 4.74 Å². The first-order chi connectivity index (χ1) is 18.8. The molecular weight excluding hydrogens is 505 g/mol. The van der Waals surface area contributed by atoms with Crippen LogP contribution >= 0.6 is 0 Å². The Hall–Kier alpha value is -3.81. The molecule has 0 unspecified atom stereocenters. The molecule has 0 fully saturated rings. The third-order valence-electron chi connectivity index (χ3n) is 7.02. The van der Waals surface area contributed by atoms with Gasteiger partial charge < -0.3 is 14.5 Å². The van der Waals surface area contributed by atoms with Gasteiger partial charge in [-0.2, -0.15) is 13.2 Å². The highest BCUT2D eigenvalue weighted by Gasteiger charge is 2.31. The zero-order chi connectivity index (χ0) is 27.8. The molecule has 3 aromatic rings. The van der Waals surface area contributed by atoms with E-state index in [4.69, 9.17) is 4.74 Å². The second-order valence-electron chi connectivity index (χ2n) is 9.67. The third kappa shape index (κ3) is 7.19. The quantitative estimate of drug-likeness (QED) is 0.382. The maximum atomic E-state index is 13.8. The average molecular weight is 539 g/mol. The van der Waals surface area contributed by atoms with Gasteiger partial charge in [0.05, 0.1) is 17.2 Å². The monoisotopic (exact) mass is 538 g/mol. The summed E-state index contributed by atoms with van der Waals surface area (Å²) in [4.78, 5) is 30.6. The largest absolute Gasteiger partial charge is 0.491 e. The number of nitrogens with zero attached hydrogens (tertiary/aromatic N) is 2. The van der Waals surface area contributed by atoms with E-state index in [0.717, 1.165) is 30.5 Å². The summed E-state index contributed by atoms with van der Waals surface area (Å²) in [6.07, 6.45) is -1.73. The molecular formula is C31H33F3N2O3. The number of halogens is 3. The molecule has 4 rings (SSSR count). The molecule has 0 saturated carbocycles. The Morgan fingerprint density at radius 3 is 2.26 bits per heavy atom. The molecule has 0 aromatic heterocycles. The number of hydrogen-bond acceptors (Lipinski definition) is 3. The Morgan fingerprint density at radius 1 is 0.897 bits per heavy atom. The number of amides is 2. The molecule has 0 radical (unpaired) electrons. The summed E-state index contributed by atoms with van der Waals surface area (Å²) >= 11 is 0. The van der Waals surface area contributed by atoms with E-state index in [0.29, 0.717) is 43.8 Å². The maximum Gasteiger partial charge on any atom is 0.416 e. The number of rotatable bonds is 4. The van der Waals surface area contributed by atoms with Crippen LogP contribution in [-0.4, -0.2) is 53.9 Å². The summed E-state index contributed by atoms with van der Waals surface area (Å²) in [7, 11) is 0. The molecule has 1 aliphatic heterocycles. The number of fused-ring (bicyclic) bond motifs is 1. The lowest BCUT2D eigenvalue weighted by Gasteiger charge is -2.32. The molecule has 2 amide bonds. The van der Waals surface area contributed by atoms with Crippen LogP contribution in [0, 0.1) is 0 Å². The van der Waals surface area contributed by atoms with Crippen molar-refractivity contribution in [3.8, 4) is 5.75 Å². The van der Waals surface area contributed by atoms with Gasteiger partial charge in [-0.25, -0.2) is 0 Å². The van der Waals surface area contributed by atoms with E-state index in [-0.39, 0.29) is 24.0 Å². The number of hydrogen-bond donors (Lipinski definition) is 0. The summed E-state index contributed by atoms with van der Waals surface area (Å²) in [5.74, 6) is 0.00695. The van der Waals surface area contributed by atoms with E-state index in [1.165, 1.54) is 12.1 Å². The zero-order valence-electron chi connectivity index (χ0n) is 22.0. The fourth-order valence-corrected chi connectivity index (χ4v) is 4.85. The fourth-order valence-electron chi connectivity index (χ4n) is 4.85. The SMILES string of the molecule is CCN1CCCCCN(C(=O)c2ccc(C(F)(F)F)cc2)[C@H](Cc2ccccc2)COc2ccccc2C1=O. The molecule has 0 saturated heterocycles. The van der Waals surface area contributed by atoms with Gasteiger partial charge in [-0.05, 0) is 74.6 Å². The van der Waals surface area contributed by atoms with Crippen LogP contribution in [0.2, 0.25) is 0 Å². The van der Waals surface area contributed by atoms with Gasteiger partial charge in [0.2, 0.25) is 0 Å². The van der Waals surface area contributed by atoms with Crippen molar-refractivity contribution in [2.24, 2.45) is 0 Å². The van der Waals surface area contributed by atoms with Crippen LogP contribution in [0.4, 0.5) is 13.2 Å². The molecule has 0 aliphatic carbocycles. The molecule has 1 aliphatic rings. The van der Waals surface area contributed by atoms with Crippen molar-refractivity contribution in [2.45, 2.75) is 44.8 Å². The van der Waals surface area contributed by atoms with Gasteiger partial charge in [0.1, 0.15) is 12.4 Å². The van der Waals surface area contributed by atoms with Gasteiger partial charge in [-0.1, -0.05) is 42.5 Å². The Kier molecular flexibility index (Phi) is 9.28. The van der Waals surface area contributed by atoms with Crippen LogP contribution in [0.25, 0.3) is 0 Å². The minimum absolute atomic E-state index is 0.0929. The van der Waals surface area contributed by atoms with Gasteiger partial charge >= 0.3 is 6.18 Å². The van der Waals surface area contributed by atoms with E-state index in [2.05, 4.69) is 0 Å². The number of alkyl halides is 3. The molecule has 0 spiro atoms. The first-order valence-electron chi connectivity index (χ1n) is 13.3. The smallest absolute Gasteiger partial charge is 0.416 e. The standard InChI is InChI=1S/C31H33F3N2O3/c1-2-35-19-9-4-10-20-36(29(37)24-15-17-25(18-16-24)31(32,33)34)26(21-23-11-5-3-6-12-23)22-39-28-14-8-7-13-27(28)30(35)38/h3,5-8,11-18,26H,2,4,9-10,19-22H2,1H3/t26-/m1/s1. The topological polar surface area (TPSA) is 49.9 Å². The fraction of sp³-hybridized carbons (Fsp3) is 0.355. The van der Waals surface area contributed by atoms with Crippen LogP contribution in [0.3, 0.4) is 0 Å². The zero-order valence-corrected chi connectivity index (χ0v) is 22.0. The minimum atomic E-state index is -4.48. The van der Waals surface area contributed by atoms with Crippen LogP contribution in [0.5, 0.6) is 5.75 Å². The van der Waals surface area contributed by atoms with Gasteiger partial charge in [-0.3, -0.25) is 9.59 Å². The Morgan fingerprint density at radius 2 is 1.56 bits per heavy atom. The number of carbonyl (C=O) groups is 2. The number of benzene rings is 3. The molecule has 0 bridgehead atoms. The lowest BCUT2D eigenvalue weighted by molar-refractivity contribution is -0.137. The predicted molar refractivity (Wildman–Crippen MR) is 144 cm³/mol. The molecule has 206 valence electrons. The van der Waals surface area contributed by atoms with Crippen molar-refractivity contribution in [3.63, 3.8) is 0 Å². The van der Waals surface area contributed by atoms with Gasteiger partial charge in [0, 0.05) is 25.2 Å². The summed E-state index contributed by atoms with van der Waals surface area (Å²) < 4.78 is 45.6. The van der Waals surface area contributed by atoms with Gasteiger partial charge in [0.15, 0.2) is 0 Å². The molecule has 5 nitrogen and oxygen atoms in total. The lowest BCUT2D eigenvalue weighted by atomic mass is 10.0. The Balaban J connectivity index is 1.69. The van der Waals surface area contributed by atoms with E-state index < -0.39 is 17.8 Å². The molecule has 3 aromatic carbocycles. The first-order valence-corrected chi connectivity index (χ1v) is 13.3. The van der Waals surface area contributed by atoms with E-state index in [1.807, 2.05) is 37.3 Å². The summed E-state index contributed by atoms with van der Waals surface area (Å²) in [6.45, 7) is 3.65. The number of ether oxygens (including phenoxy) is 1. The van der Waals surface area contributed by atoms with Crippen molar-refractivity contribution < 1.29 is 27.5 Å². The third-order valence-corrected chi connectivity index (χ3v) is 7.02. The van der Waals surface area contributed by atoms with Gasteiger partial charge in [-0.15, -0.1) is 0 Å². The van der Waals surface area contributed by atoms with Crippen molar-refractivity contribution >= 4 is 11.8 Å². The van der Waals surface area contributed by atoms with Crippen molar-refractivity contribution in [3.05, 3.63) is 101 Å². The lowest BCUT2D eigenvalue weighted by Crippen LogP contribution is -2.45. The van der Waals surface area contributed by atoms with Crippen LogP contribution in [0.1, 0.15) is 58.0 Å². The van der Waals surface area contributed by atoms with E-state index in [9.17, 15) is 22.8 Å². The van der Waals surface area contributed by atoms with Crippen molar-refractivity contribution in [1.82, 2.24) is 9.80 Å². The van der Waals surface area contributed by atoms with Gasteiger partial charge in [0.25, 0.3) is 11.8 Å². The second-order valence-corrected chi connectivity index (χ2v) is 9.67. The van der Waals surface area contributed by atoms with E-state index in [1.54, 1.807) is 34.1 Å².